The van der Waals surface area contributed by atoms with Gasteiger partial charge in [0.05, 0.1) is 37.0 Å². The third-order valence-electron chi connectivity index (χ3n) is 9.78. The first-order valence-electron chi connectivity index (χ1n) is 20.4. The molecule has 16 nitrogen and oxygen atoms in total. The zero-order chi connectivity index (χ0) is 49.5. The van der Waals surface area contributed by atoms with Crippen LogP contribution in [-0.2, 0) is 37.9 Å². The van der Waals surface area contributed by atoms with Crippen LogP contribution in [0, 0.1) is 0 Å². The third-order valence-corrected chi connectivity index (χ3v) is 10.9. The molecule has 0 radical (unpaired) electrons. The number of carbonyl (C=O) groups excluding carboxylic acids is 6. The average Bonchev–Trinajstić information content (AvgIpc) is 3.30. The number of azo groups is 2. The molecule has 2 atom stereocenters. The van der Waals surface area contributed by atoms with E-state index in [0.29, 0.717) is 53.0 Å². The lowest BCUT2D eigenvalue weighted by molar-refractivity contribution is -0.127. The van der Waals surface area contributed by atoms with Gasteiger partial charge in [-0.3, -0.25) is 28.8 Å². The van der Waals surface area contributed by atoms with Crippen LogP contribution in [0.2, 0.25) is 10.0 Å². The second kappa shape index (κ2) is 25.1. The number of benzene rings is 5. The Balaban J connectivity index is 1.27. The number of ketones is 2. The number of para-hydroxylation sites is 2. The molecule has 4 N–H and O–H groups in total. The van der Waals surface area contributed by atoms with Gasteiger partial charge < -0.3 is 30.7 Å². The number of halogens is 5. The van der Waals surface area contributed by atoms with Gasteiger partial charge >= 0.3 is 0 Å². The molecule has 5 aromatic rings. The van der Waals surface area contributed by atoms with Gasteiger partial charge in [0.15, 0.2) is 11.6 Å². The van der Waals surface area contributed by atoms with Crippen LogP contribution in [0.1, 0.15) is 51.3 Å². The molecule has 5 rings (SSSR count). The molecule has 0 heterocycles. The fourth-order valence-electron chi connectivity index (χ4n) is 6.50. The minimum Gasteiger partial charge on any atom is -0.495 e. The average molecular weight is 1030 g/mol. The maximum absolute atomic E-state index is 13.5. The van der Waals surface area contributed by atoms with E-state index in [0.717, 1.165) is 25.0 Å². The van der Waals surface area contributed by atoms with E-state index in [4.69, 9.17) is 67.5 Å². The number of carbonyl (C=O) groups is 6. The van der Waals surface area contributed by atoms with E-state index in [1.54, 1.807) is 24.3 Å². The standard InChI is InChI=1S/C47H43Cl5N8O8/c1-25(61)40(59-57-35-19-29(17-32(51)22-35)44(63)55-42-27(13-15-48)7-5-9-38(42)67-3)46(65)53-34-11-12-37(31(21-34)24-50)54-47(66)41(26(2)62)60-58-36-20-30(18-33(52)23-36)45(64)56-43-28(14-16-49)8-6-10-39(43)68-4/h5-12,17-23,40-41H,13-16,24H2,1-4H3,(H,53,65)(H,54,66)(H,55,63)(H,56,64). The molecule has 21 heteroatoms. The van der Waals surface area contributed by atoms with E-state index < -0.39 is 47.3 Å². The van der Waals surface area contributed by atoms with Crippen LogP contribution >= 0.6 is 58.0 Å². The second-order valence-corrected chi connectivity index (χ2v) is 16.5. The number of hydrogen-bond donors (Lipinski definition) is 4. The molecular weight excluding hydrogens is 982 g/mol. The van der Waals surface area contributed by atoms with Gasteiger partial charge in [0.25, 0.3) is 23.6 Å². The molecule has 0 fully saturated rings. The molecule has 0 aromatic heterocycles. The van der Waals surface area contributed by atoms with Crippen molar-refractivity contribution in [3.05, 3.63) is 129 Å². The van der Waals surface area contributed by atoms with Gasteiger partial charge in [-0.2, -0.15) is 20.5 Å². The van der Waals surface area contributed by atoms with Crippen LogP contribution < -0.4 is 30.7 Å². The Morgan fingerprint density at radius 2 is 1.01 bits per heavy atom. The summed E-state index contributed by atoms with van der Waals surface area (Å²) in [5, 5.41) is 27.2. The number of nitrogens with zero attached hydrogens (tertiary/aromatic N) is 4. The Hall–Kier alpha value is -6.43. The summed E-state index contributed by atoms with van der Waals surface area (Å²) in [7, 11) is 2.94. The summed E-state index contributed by atoms with van der Waals surface area (Å²) >= 11 is 30.9. The Morgan fingerprint density at radius 3 is 1.43 bits per heavy atom. The number of aryl methyl sites for hydroxylation is 2. The van der Waals surface area contributed by atoms with Crippen molar-refractivity contribution in [1.29, 1.82) is 0 Å². The second-order valence-electron chi connectivity index (χ2n) is 14.6. The molecule has 0 aliphatic carbocycles. The summed E-state index contributed by atoms with van der Waals surface area (Å²) in [6, 6.07) is 20.0. The Bertz CT molecular complexity index is 2790. The SMILES string of the molecule is COc1cccc(CCCl)c1NC(=O)c1cc(Cl)cc(N=NC(C(C)=O)C(=O)Nc2ccc(NC(=O)C(N=Nc3cc(Cl)cc(C(=O)Nc4c(CCCl)cccc4OC)c3)C(C)=O)c(CCl)c2)c1. The molecular formula is C47H43Cl5N8O8. The van der Waals surface area contributed by atoms with E-state index in [1.165, 1.54) is 68.8 Å². The Labute approximate surface area is 416 Å². The molecule has 0 bridgehead atoms. The molecule has 354 valence electrons. The number of hydrogen-bond acceptors (Lipinski definition) is 12. The van der Waals surface area contributed by atoms with Gasteiger partial charge in [-0.15, -0.1) is 34.8 Å². The Kier molecular flexibility index (Phi) is 19.4. The summed E-state index contributed by atoms with van der Waals surface area (Å²) < 4.78 is 10.9. The normalized spacial score (nSPS) is 12.0. The first kappa shape index (κ1) is 52.5. The van der Waals surface area contributed by atoms with Gasteiger partial charge in [0, 0.05) is 50.2 Å². The van der Waals surface area contributed by atoms with E-state index in [1.807, 2.05) is 12.1 Å². The monoisotopic (exact) mass is 1020 g/mol. The number of ether oxygens (including phenoxy) is 2. The van der Waals surface area contributed by atoms with Crippen molar-refractivity contribution >= 4 is 127 Å². The van der Waals surface area contributed by atoms with Crippen LogP contribution in [0.3, 0.4) is 0 Å². The largest absolute Gasteiger partial charge is 0.495 e. The lowest BCUT2D eigenvalue weighted by atomic mass is 10.1. The smallest absolute Gasteiger partial charge is 0.258 e. The van der Waals surface area contributed by atoms with Crippen LogP contribution in [0.25, 0.3) is 0 Å². The minimum absolute atomic E-state index is 0.0785. The molecule has 0 saturated heterocycles. The first-order chi connectivity index (χ1) is 32.6. The Morgan fingerprint density at radius 1 is 0.559 bits per heavy atom. The van der Waals surface area contributed by atoms with Crippen molar-refractivity contribution in [2.45, 2.75) is 44.7 Å². The quantitative estimate of drug-likeness (QED) is 0.0314. The van der Waals surface area contributed by atoms with Crippen molar-refractivity contribution in [1.82, 2.24) is 0 Å². The molecule has 2 unspecified atom stereocenters. The van der Waals surface area contributed by atoms with Gasteiger partial charge in [-0.1, -0.05) is 47.5 Å². The lowest BCUT2D eigenvalue weighted by Crippen LogP contribution is -2.32. The van der Waals surface area contributed by atoms with E-state index in [2.05, 4.69) is 41.7 Å². The molecule has 0 aliphatic rings. The third kappa shape index (κ3) is 14.1. The van der Waals surface area contributed by atoms with E-state index in [9.17, 15) is 28.8 Å². The highest BCUT2D eigenvalue weighted by Crippen LogP contribution is 2.33. The number of alkyl halides is 3. The number of rotatable bonds is 21. The van der Waals surface area contributed by atoms with Gasteiger partial charge in [-0.25, -0.2) is 0 Å². The molecule has 5 aromatic carbocycles. The number of Topliss-reactive ketones (excluding diaryl/α,β-unsaturated/α-hetero) is 2. The van der Waals surface area contributed by atoms with Crippen LogP contribution in [-0.4, -0.2) is 73.3 Å². The zero-order valence-corrected chi connectivity index (χ0v) is 40.6. The molecule has 68 heavy (non-hydrogen) atoms. The van der Waals surface area contributed by atoms with E-state index >= 15 is 0 Å². The lowest BCUT2D eigenvalue weighted by Gasteiger charge is -2.15. The maximum atomic E-state index is 13.5. The molecule has 0 spiro atoms. The molecule has 4 amide bonds. The minimum atomic E-state index is -1.63. The highest BCUT2D eigenvalue weighted by Gasteiger charge is 2.26. The fourth-order valence-corrected chi connectivity index (χ4v) is 7.58. The highest BCUT2D eigenvalue weighted by molar-refractivity contribution is 6.32. The number of amides is 4. The summed E-state index contributed by atoms with van der Waals surface area (Å²) in [6.45, 7) is 2.31. The summed E-state index contributed by atoms with van der Waals surface area (Å²) in [6.07, 6.45) is 0.925. The molecule has 0 aliphatic heterocycles. The van der Waals surface area contributed by atoms with Crippen LogP contribution in [0.15, 0.2) is 111 Å². The van der Waals surface area contributed by atoms with Gasteiger partial charge in [0.2, 0.25) is 12.1 Å². The number of anilines is 4. The van der Waals surface area contributed by atoms with Crippen molar-refractivity contribution in [3.8, 4) is 11.5 Å². The van der Waals surface area contributed by atoms with Gasteiger partial charge in [-0.05, 0) is 110 Å². The first-order valence-corrected chi connectivity index (χ1v) is 22.8. The number of methoxy groups -OCH3 is 2. The maximum Gasteiger partial charge on any atom is 0.258 e. The van der Waals surface area contributed by atoms with Crippen molar-refractivity contribution < 1.29 is 38.2 Å². The highest BCUT2D eigenvalue weighted by atomic mass is 35.5. The zero-order valence-electron chi connectivity index (χ0n) is 36.8. The predicted octanol–water partition coefficient (Wildman–Crippen LogP) is 11.2. The van der Waals surface area contributed by atoms with Crippen molar-refractivity contribution in [2.75, 3.05) is 47.2 Å². The topological polar surface area (TPSA) is 218 Å². The van der Waals surface area contributed by atoms with Crippen LogP contribution in [0.4, 0.5) is 34.1 Å². The van der Waals surface area contributed by atoms with Crippen molar-refractivity contribution in [3.63, 3.8) is 0 Å². The summed E-state index contributed by atoms with van der Waals surface area (Å²) in [5.41, 5.74) is 3.43. The predicted molar refractivity (Wildman–Crippen MR) is 265 cm³/mol. The number of nitrogens with one attached hydrogen (secondary N) is 4. The van der Waals surface area contributed by atoms with Crippen molar-refractivity contribution in [2.24, 2.45) is 20.5 Å². The fraction of sp³-hybridized carbons (Fsp3) is 0.234. The summed E-state index contributed by atoms with van der Waals surface area (Å²) in [5.74, 6) is -2.80. The van der Waals surface area contributed by atoms with Crippen LogP contribution in [0.5, 0.6) is 11.5 Å². The molecule has 0 saturated carbocycles. The summed E-state index contributed by atoms with van der Waals surface area (Å²) in [4.78, 5) is 79.0. The van der Waals surface area contributed by atoms with Gasteiger partial charge in [0.1, 0.15) is 11.5 Å². The van der Waals surface area contributed by atoms with E-state index in [-0.39, 0.29) is 49.8 Å².